The zero-order chi connectivity index (χ0) is 14.8. The average Bonchev–Trinajstić information content (AvgIpc) is 3.10. The molecule has 5 nitrogen and oxygen atoms in total. The highest BCUT2D eigenvalue weighted by atomic mass is 19.1. The highest BCUT2D eigenvalue weighted by Gasteiger charge is 2.27. The van der Waals surface area contributed by atoms with E-state index in [0.717, 1.165) is 19.5 Å². The lowest BCUT2D eigenvalue weighted by molar-refractivity contribution is 0.126. The first-order valence-electron chi connectivity index (χ1n) is 7.10. The van der Waals surface area contributed by atoms with Gasteiger partial charge in [0.25, 0.3) is 0 Å². The number of hydrogen-bond donors (Lipinski definition) is 1. The van der Waals surface area contributed by atoms with Gasteiger partial charge < -0.3 is 9.52 Å². The molecular formula is C15H18FN3O2. The first kappa shape index (κ1) is 14.2. The number of halogens is 1. The number of aromatic nitrogens is 2. The van der Waals surface area contributed by atoms with Gasteiger partial charge in [-0.2, -0.15) is 0 Å². The predicted molar refractivity (Wildman–Crippen MR) is 74.8 cm³/mol. The highest BCUT2D eigenvalue weighted by Crippen LogP contribution is 2.23. The van der Waals surface area contributed by atoms with Gasteiger partial charge in [0, 0.05) is 12.1 Å². The van der Waals surface area contributed by atoms with E-state index in [9.17, 15) is 9.50 Å². The molecule has 6 heteroatoms. The predicted octanol–water partition coefficient (Wildman–Crippen LogP) is 2.08. The van der Waals surface area contributed by atoms with E-state index in [1.165, 1.54) is 12.1 Å². The maximum Gasteiger partial charge on any atom is 0.247 e. The van der Waals surface area contributed by atoms with Gasteiger partial charge in [-0.05, 0) is 50.1 Å². The van der Waals surface area contributed by atoms with E-state index in [-0.39, 0.29) is 11.9 Å². The Morgan fingerprint density at radius 1 is 1.38 bits per heavy atom. The van der Waals surface area contributed by atoms with Gasteiger partial charge in [0.1, 0.15) is 5.82 Å². The number of rotatable bonds is 4. The molecule has 0 amide bonds. The topological polar surface area (TPSA) is 62.4 Å². The summed E-state index contributed by atoms with van der Waals surface area (Å²) in [4.78, 5) is 2.19. The van der Waals surface area contributed by atoms with Crippen molar-refractivity contribution in [2.24, 2.45) is 5.92 Å². The Morgan fingerprint density at radius 2 is 2.14 bits per heavy atom. The molecule has 21 heavy (non-hydrogen) atoms. The normalized spacial score (nSPS) is 20.8. The van der Waals surface area contributed by atoms with E-state index < -0.39 is 0 Å². The molecule has 0 aliphatic carbocycles. The molecule has 2 aromatic rings. The standard InChI is InChI=1S/C15H18FN3O2/c1-10(20)12-6-7-19(8-12)9-14-17-18-15(21-14)11-2-4-13(16)5-3-11/h2-5,10,12,20H,6-9H2,1H3. The molecule has 2 heterocycles. The molecule has 1 aromatic heterocycles. The van der Waals surface area contributed by atoms with Gasteiger partial charge in [0.05, 0.1) is 12.6 Å². The molecule has 2 unspecified atom stereocenters. The van der Waals surface area contributed by atoms with Crippen molar-refractivity contribution in [3.05, 3.63) is 36.0 Å². The van der Waals surface area contributed by atoms with Crippen LogP contribution >= 0.6 is 0 Å². The lowest BCUT2D eigenvalue weighted by atomic mass is 10.0. The van der Waals surface area contributed by atoms with E-state index in [2.05, 4.69) is 15.1 Å². The molecule has 1 aliphatic rings. The largest absolute Gasteiger partial charge is 0.419 e. The van der Waals surface area contributed by atoms with Crippen LogP contribution in [0.5, 0.6) is 0 Å². The number of likely N-dealkylation sites (tertiary alicyclic amines) is 1. The van der Waals surface area contributed by atoms with Crippen LogP contribution in [0.2, 0.25) is 0 Å². The molecule has 112 valence electrons. The van der Waals surface area contributed by atoms with Crippen LogP contribution in [0, 0.1) is 11.7 Å². The van der Waals surface area contributed by atoms with Crippen LogP contribution in [-0.4, -0.2) is 39.4 Å². The maximum absolute atomic E-state index is 12.9. The van der Waals surface area contributed by atoms with Gasteiger partial charge in [-0.25, -0.2) is 4.39 Å². The second-order valence-corrected chi connectivity index (χ2v) is 5.53. The summed E-state index contributed by atoms with van der Waals surface area (Å²) in [5.74, 6) is 0.959. The van der Waals surface area contributed by atoms with Crippen molar-refractivity contribution in [3.8, 4) is 11.5 Å². The smallest absolute Gasteiger partial charge is 0.247 e. The van der Waals surface area contributed by atoms with Crippen molar-refractivity contribution in [2.45, 2.75) is 26.0 Å². The van der Waals surface area contributed by atoms with E-state index in [4.69, 9.17) is 4.42 Å². The number of aliphatic hydroxyl groups excluding tert-OH is 1. The highest BCUT2D eigenvalue weighted by molar-refractivity contribution is 5.51. The Bertz CT molecular complexity index is 597. The molecule has 1 aliphatic heterocycles. The zero-order valence-electron chi connectivity index (χ0n) is 11.9. The summed E-state index contributed by atoms with van der Waals surface area (Å²) in [7, 11) is 0. The molecule has 1 aromatic carbocycles. The summed E-state index contributed by atoms with van der Waals surface area (Å²) < 4.78 is 18.5. The fourth-order valence-electron chi connectivity index (χ4n) is 2.62. The minimum absolute atomic E-state index is 0.285. The van der Waals surface area contributed by atoms with Crippen LogP contribution in [-0.2, 0) is 6.54 Å². The molecule has 1 saturated heterocycles. The lowest BCUT2D eigenvalue weighted by Crippen LogP contribution is -2.24. The Balaban J connectivity index is 1.64. The molecular weight excluding hydrogens is 273 g/mol. The van der Waals surface area contributed by atoms with E-state index in [0.29, 0.717) is 29.8 Å². The van der Waals surface area contributed by atoms with Crippen LogP contribution < -0.4 is 0 Å². The molecule has 0 bridgehead atoms. The fraction of sp³-hybridized carbons (Fsp3) is 0.467. The van der Waals surface area contributed by atoms with Gasteiger partial charge in [0.15, 0.2) is 0 Å². The summed E-state index contributed by atoms with van der Waals surface area (Å²) in [6.45, 7) is 4.17. The van der Waals surface area contributed by atoms with Crippen LogP contribution in [0.3, 0.4) is 0 Å². The first-order chi connectivity index (χ1) is 10.1. The fourth-order valence-corrected chi connectivity index (χ4v) is 2.62. The summed E-state index contributed by atoms with van der Waals surface area (Å²) >= 11 is 0. The minimum atomic E-state index is -0.292. The van der Waals surface area contributed by atoms with Crippen LogP contribution in [0.15, 0.2) is 28.7 Å². The lowest BCUT2D eigenvalue weighted by Gasteiger charge is -2.15. The minimum Gasteiger partial charge on any atom is -0.419 e. The summed E-state index contributed by atoms with van der Waals surface area (Å²) in [6, 6.07) is 5.97. The van der Waals surface area contributed by atoms with Crippen molar-refractivity contribution in [2.75, 3.05) is 13.1 Å². The number of hydrogen-bond acceptors (Lipinski definition) is 5. The van der Waals surface area contributed by atoms with Gasteiger partial charge in [-0.1, -0.05) is 0 Å². The van der Waals surface area contributed by atoms with Gasteiger partial charge >= 0.3 is 0 Å². The van der Waals surface area contributed by atoms with Crippen molar-refractivity contribution in [1.29, 1.82) is 0 Å². The van der Waals surface area contributed by atoms with Crippen LogP contribution in [0.4, 0.5) is 4.39 Å². The van der Waals surface area contributed by atoms with E-state index in [1.807, 2.05) is 6.92 Å². The molecule has 1 fully saturated rings. The second-order valence-electron chi connectivity index (χ2n) is 5.53. The second kappa shape index (κ2) is 5.91. The Morgan fingerprint density at radius 3 is 2.81 bits per heavy atom. The van der Waals surface area contributed by atoms with Gasteiger partial charge in [-0.15, -0.1) is 10.2 Å². The van der Waals surface area contributed by atoms with Crippen LogP contribution in [0.25, 0.3) is 11.5 Å². The number of aliphatic hydroxyl groups is 1. The quantitative estimate of drug-likeness (QED) is 0.934. The van der Waals surface area contributed by atoms with Crippen molar-refractivity contribution in [3.63, 3.8) is 0 Å². The van der Waals surface area contributed by atoms with Gasteiger partial charge in [0.2, 0.25) is 11.8 Å². The third-order valence-electron chi connectivity index (χ3n) is 3.91. The number of benzene rings is 1. The molecule has 1 N–H and O–H groups in total. The molecule has 0 saturated carbocycles. The molecule has 2 atom stereocenters. The summed E-state index contributed by atoms with van der Waals surface area (Å²) in [5, 5.41) is 17.6. The molecule has 0 radical (unpaired) electrons. The van der Waals surface area contributed by atoms with Crippen molar-refractivity contribution < 1.29 is 13.9 Å². The Labute approximate surface area is 122 Å². The van der Waals surface area contributed by atoms with Crippen molar-refractivity contribution >= 4 is 0 Å². The summed E-state index contributed by atoms with van der Waals surface area (Å²) in [6.07, 6.45) is 0.698. The maximum atomic E-state index is 12.9. The Kier molecular flexibility index (Phi) is 3.98. The molecule has 0 spiro atoms. The summed E-state index contributed by atoms with van der Waals surface area (Å²) in [5.41, 5.74) is 0.707. The van der Waals surface area contributed by atoms with Crippen LogP contribution in [0.1, 0.15) is 19.2 Å². The van der Waals surface area contributed by atoms with E-state index in [1.54, 1.807) is 12.1 Å². The number of nitrogens with zero attached hydrogens (tertiary/aromatic N) is 3. The zero-order valence-corrected chi connectivity index (χ0v) is 11.9. The Hall–Kier alpha value is -1.79. The third-order valence-corrected chi connectivity index (χ3v) is 3.91. The van der Waals surface area contributed by atoms with Crippen molar-refractivity contribution in [1.82, 2.24) is 15.1 Å². The monoisotopic (exact) mass is 291 g/mol. The third kappa shape index (κ3) is 3.28. The molecule has 3 rings (SSSR count). The SMILES string of the molecule is CC(O)C1CCN(Cc2nnc(-c3ccc(F)cc3)o2)C1. The van der Waals surface area contributed by atoms with E-state index >= 15 is 0 Å². The first-order valence-corrected chi connectivity index (χ1v) is 7.10. The van der Waals surface area contributed by atoms with Gasteiger partial charge in [-0.3, -0.25) is 4.90 Å². The average molecular weight is 291 g/mol.